The molecule has 14 heavy (non-hydrogen) atoms. The Bertz CT molecular complexity index is 241. The molecule has 0 amide bonds. The lowest BCUT2D eigenvalue weighted by Gasteiger charge is -2.47. The lowest BCUT2D eigenvalue weighted by molar-refractivity contribution is -0.104. The summed E-state index contributed by atoms with van der Waals surface area (Å²) < 4.78 is 6.39. The lowest BCUT2D eigenvalue weighted by Crippen LogP contribution is -2.51. The zero-order chi connectivity index (χ0) is 10.2. The first-order valence-corrected chi connectivity index (χ1v) is 6.47. The Hall–Kier alpha value is 0.390. The molecule has 1 N–H and O–H groups in total. The van der Waals surface area contributed by atoms with Crippen molar-refractivity contribution in [2.75, 3.05) is 13.2 Å². The fourth-order valence-corrected chi connectivity index (χ4v) is 3.87. The average Bonchev–Trinajstić information content (AvgIpc) is 2.17. The number of fused-ring (bicyclic) bond motifs is 1. The molecule has 4 atom stereocenters. The van der Waals surface area contributed by atoms with E-state index in [-0.39, 0.29) is 18.1 Å². The number of alkyl halides is 1. The van der Waals surface area contributed by atoms with Gasteiger partial charge in [-0.2, -0.15) is 0 Å². The molecule has 0 unspecified atom stereocenters. The van der Waals surface area contributed by atoms with Gasteiger partial charge in [-0.05, 0) is 18.8 Å². The third-order valence-electron chi connectivity index (χ3n) is 3.29. The molecule has 1 fully saturated rings. The van der Waals surface area contributed by atoms with Gasteiger partial charge in [0.05, 0.1) is 12.7 Å². The molecule has 80 valence electrons. The van der Waals surface area contributed by atoms with E-state index < -0.39 is 0 Å². The molecule has 0 spiro atoms. The van der Waals surface area contributed by atoms with Gasteiger partial charge in [0.25, 0.3) is 0 Å². The van der Waals surface area contributed by atoms with Crippen LogP contribution in [-0.4, -0.2) is 28.3 Å². The van der Waals surface area contributed by atoms with Gasteiger partial charge in [-0.1, -0.05) is 41.7 Å². The van der Waals surface area contributed by atoms with Gasteiger partial charge in [-0.25, -0.2) is 0 Å². The maximum atomic E-state index is 9.58. The molecule has 0 aromatic carbocycles. The smallest absolute Gasteiger partial charge is 0.0808 e. The molecule has 0 aromatic rings. The van der Waals surface area contributed by atoms with Crippen molar-refractivity contribution < 1.29 is 9.84 Å². The van der Waals surface area contributed by atoms with Gasteiger partial charge in [0, 0.05) is 15.9 Å². The van der Waals surface area contributed by atoms with Crippen molar-refractivity contribution >= 4 is 22.6 Å². The number of hydrogen-bond acceptors (Lipinski definition) is 2. The molecule has 2 aliphatic rings. The van der Waals surface area contributed by atoms with Crippen LogP contribution in [0, 0.1) is 11.3 Å². The van der Waals surface area contributed by atoms with E-state index in [0.29, 0.717) is 9.84 Å². The lowest BCUT2D eigenvalue weighted by atomic mass is 9.70. The highest BCUT2D eigenvalue weighted by Gasteiger charge is 2.46. The molecule has 1 heterocycles. The molecule has 0 aromatic heterocycles. The van der Waals surface area contributed by atoms with Crippen LogP contribution >= 0.6 is 22.6 Å². The summed E-state index contributed by atoms with van der Waals surface area (Å²) in [6, 6.07) is 0. The molecule has 1 saturated heterocycles. The van der Waals surface area contributed by atoms with Gasteiger partial charge in [0.1, 0.15) is 0 Å². The number of halogens is 1. The van der Waals surface area contributed by atoms with E-state index in [9.17, 15) is 5.11 Å². The van der Waals surface area contributed by atoms with Crippen molar-refractivity contribution in [2.24, 2.45) is 11.3 Å². The van der Waals surface area contributed by atoms with Crippen LogP contribution in [0.1, 0.15) is 19.8 Å². The van der Waals surface area contributed by atoms with Gasteiger partial charge >= 0.3 is 0 Å². The van der Waals surface area contributed by atoms with E-state index in [0.717, 1.165) is 19.4 Å². The van der Waals surface area contributed by atoms with Gasteiger partial charge in [-0.3, -0.25) is 0 Å². The first-order valence-electron chi connectivity index (χ1n) is 5.22. The molecule has 0 saturated carbocycles. The monoisotopic (exact) mass is 308 g/mol. The molecule has 1 aliphatic heterocycles. The van der Waals surface area contributed by atoms with Crippen LogP contribution in [0.4, 0.5) is 0 Å². The highest BCUT2D eigenvalue weighted by molar-refractivity contribution is 14.1. The summed E-state index contributed by atoms with van der Waals surface area (Å²) in [5.74, 6) is 0.560. The van der Waals surface area contributed by atoms with Crippen molar-refractivity contribution in [1.29, 1.82) is 0 Å². The van der Waals surface area contributed by atoms with E-state index in [2.05, 4.69) is 41.7 Å². The van der Waals surface area contributed by atoms with Crippen molar-refractivity contribution in [1.82, 2.24) is 0 Å². The van der Waals surface area contributed by atoms with E-state index >= 15 is 0 Å². The van der Waals surface area contributed by atoms with Crippen LogP contribution in [0.5, 0.6) is 0 Å². The average molecular weight is 308 g/mol. The maximum Gasteiger partial charge on any atom is 0.0808 e. The molecule has 2 nitrogen and oxygen atoms in total. The highest BCUT2D eigenvalue weighted by atomic mass is 127. The summed E-state index contributed by atoms with van der Waals surface area (Å²) in [7, 11) is 0. The second-order valence-corrected chi connectivity index (χ2v) is 6.21. The predicted octanol–water partition coefficient (Wildman–Crippen LogP) is 2.15. The van der Waals surface area contributed by atoms with Crippen LogP contribution < -0.4 is 0 Å². The Morgan fingerprint density at radius 1 is 1.64 bits per heavy atom. The molecular weight excluding hydrogens is 291 g/mol. The fraction of sp³-hybridized carbons (Fsp3) is 0.818. The van der Waals surface area contributed by atoms with Crippen LogP contribution in [0.25, 0.3) is 0 Å². The molecular formula is C11H17IO2. The summed E-state index contributed by atoms with van der Waals surface area (Å²) in [4.78, 5) is 0. The Labute approximate surface area is 98.9 Å². The molecule has 2 rings (SSSR count). The molecule has 0 radical (unpaired) electrons. The number of ether oxygens (including phenoxy) is 1. The van der Waals surface area contributed by atoms with Crippen molar-refractivity contribution in [3.63, 3.8) is 0 Å². The van der Waals surface area contributed by atoms with E-state index in [1.165, 1.54) is 0 Å². The van der Waals surface area contributed by atoms with Gasteiger partial charge in [0.15, 0.2) is 0 Å². The Balaban J connectivity index is 2.26. The largest absolute Gasteiger partial charge is 0.395 e. The highest BCUT2D eigenvalue weighted by Crippen LogP contribution is 2.44. The minimum Gasteiger partial charge on any atom is -0.395 e. The van der Waals surface area contributed by atoms with E-state index in [1.807, 2.05) is 0 Å². The zero-order valence-corrected chi connectivity index (χ0v) is 10.6. The number of hydrogen-bond donors (Lipinski definition) is 1. The zero-order valence-electron chi connectivity index (χ0n) is 8.45. The van der Waals surface area contributed by atoms with Crippen molar-refractivity contribution in [3.05, 3.63) is 12.2 Å². The normalized spacial score (nSPS) is 47.5. The summed E-state index contributed by atoms with van der Waals surface area (Å²) in [6.07, 6.45) is 6.73. The standard InChI is InChI=1S/C11H17IO2/c1-8-5-11(7-13)4-2-3-9(12)10(11)14-6-8/h2,4,8-10,13H,3,5-7H2,1H3/t8-,9+,10-,11-/m0/s1. The molecule has 3 heteroatoms. The summed E-state index contributed by atoms with van der Waals surface area (Å²) >= 11 is 2.44. The minimum atomic E-state index is -0.0955. The van der Waals surface area contributed by atoms with Crippen molar-refractivity contribution in [3.8, 4) is 0 Å². The third-order valence-corrected chi connectivity index (χ3v) is 4.45. The predicted molar refractivity (Wildman–Crippen MR) is 64.6 cm³/mol. The molecule has 0 bridgehead atoms. The Morgan fingerprint density at radius 3 is 3.14 bits per heavy atom. The van der Waals surface area contributed by atoms with E-state index in [4.69, 9.17) is 4.74 Å². The molecule has 1 aliphatic carbocycles. The Morgan fingerprint density at radius 2 is 2.43 bits per heavy atom. The number of allylic oxidation sites excluding steroid dienone is 1. The van der Waals surface area contributed by atoms with Crippen molar-refractivity contribution in [2.45, 2.75) is 29.8 Å². The van der Waals surface area contributed by atoms with Crippen LogP contribution in [0.2, 0.25) is 0 Å². The second-order valence-electron chi connectivity index (χ2n) is 4.61. The summed E-state index contributed by atoms with van der Waals surface area (Å²) in [6.45, 7) is 3.26. The maximum absolute atomic E-state index is 9.58. The number of rotatable bonds is 1. The second kappa shape index (κ2) is 4.10. The van der Waals surface area contributed by atoms with Gasteiger partial charge in [0.2, 0.25) is 0 Å². The van der Waals surface area contributed by atoms with Gasteiger partial charge in [-0.15, -0.1) is 0 Å². The van der Waals surface area contributed by atoms with Gasteiger partial charge < -0.3 is 9.84 Å². The minimum absolute atomic E-state index is 0.0955. The first-order chi connectivity index (χ1) is 6.68. The first kappa shape index (κ1) is 10.9. The quantitative estimate of drug-likeness (QED) is 0.457. The fourth-order valence-electron chi connectivity index (χ4n) is 2.65. The van der Waals surface area contributed by atoms with E-state index in [1.54, 1.807) is 0 Å². The summed E-state index contributed by atoms with van der Waals surface area (Å²) in [5, 5.41) is 9.58. The number of aliphatic hydroxyl groups excluding tert-OH is 1. The van der Waals surface area contributed by atoms with Crippen LogP contribution in [0.3, 0.4) is 0 Å². The van der Waals surface area contributed by atoms with Crippen LogP contribution in [0.15, 0.2) is 12.2 Å². The van der Waals surface area contributed by atoms with Crippen LogP contribution in [-0.2, 0) is 4.74 Å². The third kappa shape index (κ3) is 1.74. The number of aliphatic hydroxyl groups is 1. The summed E-state index contributed by atoms with van der Waals surface area (Å²) in [5.41, 5.74) is -0.0955. The SMILES string of the molecule is C[C@@H]1CO[C@H]2[C@H](I)CC=C[C@@]2(CO)C1. The topological polar surface area (TPSA) is 29.5 Å². The Kier molecular flexibility index (Phi) is 3.19.